The molecule has 0 bridgehead atoms. The molecule has 128 valence electrons. The summed E-state index contributed by atoms with van der Waals surface area (Å²) in [5.74, 6) is 0. The first kappa shape index (κ1) is 20.8. The van der Waals surface area contributed by atoms with Gasteiger partial charge in [-0.25, -0.2) is 0 Å². The zero-order valence-corrected chi connectivity index (χ0v) is 15.9. The van der Waals surface area contributed by atoms with Gasteiger partial charge in [0.25, 0.3) is 0 Å². The van der Waals surface area contributed by atoms with Gasteiger partial charge in [-0.15, -0.1) is 0 Å². The van der Waals surface area contributed by atoms with Gasteiger partial charge >= 0.3 is 0 Å². The fraction of sp³-hybridized carbons (Fsp3) is 1.00. The molecule has 1 aliphatic heterocycles. The van der Waals surface area contributed by atoms with Crippen molar-refractivity contribution in [3.05, 3.63) is 0 Å². The molecule has 21 heavy (non-hydrogen) atoms. The van der Waals surface area contributed by atoms with Crippen molar-refractivity contribution in [3.63, 3.8) is 0 Å². The van der Waals surface area contributed by atoms with Crippen LogP contribution in [-0.2, 0) is 0 Å². The van der Waals surface area contributed by atoms with E-state index < -0.39 is 0 Å². The third-order valence-corrected chi connectivity index (χ3v) is 3.99. The molecule has 4 heteroatoms. The molecule has 0 aromatic heterocycles. The average molecular weight is 303 g/mol. The van der Waals surface area contributed by atoms with E-state index in [1.54, 1.807) is 0 Å². The molecule has 1 aliphatic rings. The Balaban J connectivity index is 0.000000384. The molecule has 1 rings (SSSR count). The molecular formula is C17H38N2O2. The maximum atomic E-state index is 9.80. The second kappa shape index (κ2) is 6.53. The van der Waals surface area contributed by atoms with E-state index in [2.05, 4.69) is 27.7 Å². The van der Waals surface area contributed by atoms with Crippen LogP contribution < -0.4 is 0 Å². The van der Waals surface area contributed by atoms with Crippen LogP contribution in [0.2, 0.25) is 0 Å². The van der Waals surface area contributed by atoms with Gasteiger partial charge in [-0.05, 0) is 88.5 Å². The van der Waals surface area contributed by atoms with E-state index in [1.807, 2.05) is 41.5 Å². The molecule has 2 N–H and O–H groups in total. The first-order valence-corrected chi connectivity index (χ1v) is 8.00. The van der Waals surface area contributed by atoms with Crippen LogP contribution in [0.4, 0.5) is 0 Å². The highest BCUT2D eigenvalue weighted by Gasteiger charge is 2.40. The van der Waals surface area contributed by atoms with Crippen molar-refractivity contribution in [3.8, 4) is 0 Å². The smallest absolute Gasteiger partial charge is 0.0410 e. The number of hydroxylamine groups is 4. The zero-order valence-electron chi connectivity index (χ0n) is 15.9. The lowest BCUT2D eigenvalue weighted by atomic mass is 9.82. The van der Waals surface area contributed by atoms with Gasteiger partial charge in [0.05, 0.1) is 0 Å². The van der Waals surface area contributed by atoms with Gasteiger partial charge in [0.1, 0.15) is 0 Å². The van der Waals surface area contributed by atoms with Gasteiger partial charge in [-0.1, -0.05) is 0 Å². The van der Waals surface area contributed by atoms with Crippen molar-refractivity contribution in [2.24, 2.45) is 0 Å². The van der Waals surface area contributed by atoms with Crippen LogP contribution in [0.15, 0.2) is 0 Å². The van der Waals surface area contributed by atoms with Crippen LogP contribution in [0.25, 0.3) is 0 Å². The minimum atomic E-state index is -0.168. The van der Waals surface area contributed by atoms with Crippen LogP contribution >= 0.6 is 0 Å². The summed E-state index contributed by atoms with van der Waals surface area (Å²) in [6, 6.07) is 0. The van der Waals surface area contributed by atoms with Gasteiger partial charge in [-0.2, -0.15) is 10.1 Å². The number of hydrogen-bond acceptors (Lipinski definition) is 4. The summed E-state index contributed by atoms with van der Waals surface area (Å²) in [6.07, 6.45) is 3.40. The minimum Gasteiger partial charge on any atom is -0.313 e. The lowest BCUT2D eigenvalue weighted by molar-refractivity contribution is -0.241. The van der Waals surface area contributed by atoms with Gasteiger partial charge in [-0.3, -0.25) is 0 Å². The highest BCUT2D eigenvalue weighted by atomic mass is 16.5. The van der Waals surface area contributed by atoms with Crippen molar-refractivity contribution < 1.29 is 10.4 Å². The topological polar surface area (TPSA) is 46.9 Å². The van der Waals surface area contributed by atoms with Crippen molar-refractivity contribution in [1.82, 2.24) is 10.1 Å². The SMILES string of the molecule is CC(C)(C)N(O)C(C)(C)C.CC1(C)CCCC(C)(C)N1O. The summed E-state index contributed by atoms with van der Waals surface area (Å²) in [7, 11) is 0. The predicted octanol–water partition coefficient (Wildman–Crippen LogP) is 4.69. The third-order valence-electron chi connectivity index (χ3n) is 3.99. The van der Waals surface area contributed by atoms with Crippen LogP contribution in [0, 0.1) is 0 Å². The van der Waals surface area contributed by atoms with E-state index in [9.17, 15) is 10.4 Å². The lowest BCUT2D eigenvalue weighted by Gasteiger charge is -2.48. The number of nitrogens with zero attached hydrogens (tertiary/aromatic N) is 2. The summed E-state index contributed by atoms with van der Waals surface area (Å²) < 4.78 is 0. The van der Waals surface area contributed by atoms with Crippen LogP contribution in [0.3, 0.4) is 0 Å². The van der Waals surface area contributed by atoms with E-state index in [-0.39, 0.29) is 22.2 Å². The quantitative estimate of drug-likeness (QED) is 0.637. The minimum absolute atomic E-state index is 0.0399. The summed E-state index contributed by atoms with van der Waals surface area (Å²) in [4.78, 5) is 0. The van der Waals surface area contributed by atoms with Crippen molar-refractivity contribution in [2.45, 2.75) is 111 Å². The fourth-order valence-electron chi connectivity index (χ4n) is 2.99. The molecule has 0 aliphatic carbocycles. The van der Waals surface area contributed by atoms with Crippen molar-refractivity contribution in [2.75, 3.05) is 0 Å². The monoisotopic (exact) mass is 302 g/mol. The van der Waals surface area contributed by atoms with Gasteiger partial charge in [0.2, 0.25) is 0 Å². The first-order chi connectivity index (χ1) is 9.02. The molecule has 0 atom stereocenters. The molecule has 0 aromatic rings. The molecule has 0 radical (unpaired) electrons. The maximum absolute atomic E-state index is 9.80. The van der Waals surface area contributed by atoms with Gasteiger partial charge in [0.15, 0.2) is 0 Å². The normalized spacial score (nSPS) is 22.7. The average Bonchev–Trinajstić information content (AvgIpc) is 2.23. The Labute approximate surface area is 132 Å². The van der Waals surface area contributed by atoms with Gasteiger partial charge in [0, 0.05) is 22.2 Å². The van der Waals surface area contributed by atoms with E-state index in [0.717, 1.165) is 12.8 Å². The molecule has 1 heterocycles. The highest BCUT2D eigenvalue weighted by molar-refractivity contribution is 4.91. The standard InChI is InChI=1S/C9H19NO.C8H19NO/c1-8(2)6-5-7-9(3,4)10(8)11;1-7(2,3)9(10)8(4,5)6/h11H,5-7H2,1-4H3;10H,1-6H3. The first-order valence-electron chi connectivity index (χ1n) is 8.00. The molecule has 0 amide bonds. The third kappa shape index (κ3) is 6.23. The molecule has 0 spiro atoms. The molecule has 0 aromatic carbocycles. The Bertz CT molecular complexity index is 295. The second-order valence-electron chi connectivity index (χ2n) is 9.44. The largest absolute Gasteiger partial charge is 0.313 e. The molecule has 1 saturated heterocycles. The summed E-state index contributed by atoms with van der Waals surface area (Å²) in [6.45, 7) is 20.3. The number of piperidine rings is 1. The predicted molar refractivity (Wildman–Crippen MR) is 88.8 cm³/mol. The Morgan fingerprint density at radius 3 is 1.24 bits per heavy atom. The van der Waals surface area contributed by atoms with Crippen molar-refractivity contribution >= 4 is 0 Å². The van der Waals surface area contributed by atoms with E-state index >= 15 is 0 Å². The lowest BCUT2D eigenvalue weighted by Crippen LogP contribution is -2.56. The van der Waals surface area contributed by atoms with E-state index in [4.69, 9.17) is 0 Å². The summed E-state index contributed by atoms with van der Waals surface area (Å²) in [5, 5.41) is 22.2. The second-order valence-corrected chi connectivity index (χ2v) is 9.44. The molecular weight excluding hydrogens is 264 g/mol. The van der Waals surface area contributed by atoms with Crippen LogP contribution in [-0.4, -0.2) is 42.7 Å². The van der Waals surface area contributed by atoms with Gasteiger partial charge < -0.3 is 10.4 Å². The highest BCUT2D eigenvalue weighted by Crippen LogP contribution is 2.35. The summed E-state index contributed by atoms with van der Waals surface area (Å²) >= 11 is 0. The Morgan fingerprint density at radius 2 is 1.10 bits per heavy atom. The zero-order chi connectivity index (χ0) is 17.3. The Kier molecular flexibility index (Phi) is 6.48. The van der Waals surface area contributed by atoms with Crippen LogP contribution in [0.5, 0.6) is 0 Å². The van der Waals surface area contributed by atoms with Crippen LogP contribution in [0.1, 0.15) is 88.5 Å². The fourth-order valence-corrected chi connectivity index (χ4v) is 2.99. The number of rotatable bonds is 0. The molecule has 4 nitrogen and oxygen atoms in total. The Hall–Kier alpha value is -0.160. The van der Waals surface area contributed by atoms with E-state index in [1.165, 1.54) is 16.5 Å². The maximum Gasteiger partial charge on any atom is 0.0410 e. The molecule has 0 unspecified atom stereocenters. The van der Waals surface area contributed by atoms with Crippen molar-refractivity contribution in [1.29, 1.82) is 0 Å². The molecule has 1 fully saturated rings. The molecule has 0 saturated carbocycles. The summed E-state index contributed by atoms with van der Waals surface area (Å²) in [5.41, 5.74) is -0.417. The Morgan fingerprint density at radius 1 is 0.810 bits per heavy atom. The van der Waals surface area contributed by atoms with E-state index in [0.29, 0.717) is 0 Å². The number of hydrogen-bond donors (Lipinski definition) is 2.